The SMILES string of the molecule is CC=CCOc1cnsn1. The Balaban J connectivity index is 2.28. The third-order valence-corrected chi connectivity index (χ3v) is 1.37. The summed E-state index contributed by atoms with van der Waals surface area (Å²) in [5.74, 6) is 0.600. The van der Waals surface area contributed by atoms with E-state index in [0.29, 0.717) is 12.5 Å². The van der Waals surface area contributed by atoms with Crippen molar-refractivity contribution in [3.05, 3.63) is 18.3 Å². The second-order valence-corrected chi connectivity index (χ2v) is 2.18. The summed E-state index contributed by atoms with van der Waals surface area (Å²) in [6.45, 7) is 2.52. The first kappa shape index (κ1) is 7.21. The lowest BCUT2D eigenvalue weighted by atomic mass is 10.5. The molecule has 0 amide bonds. The van der Waals surface area contributed by atoms with Crippen molar-refractivity contribution in [1.82, 2.24) is 8.75 Å². The van der Waals surface area contributed by atoms with Crippen LogP contribution in [0.3, 0.4) is 0 Å². The number of allylic oxidation sites excluding steroid dienone is 1. The van der Waals surface area contributed by atoms with Crippen molar-refractivity contribution in [3.8, 4) is 5.88 Å². The minimum Gasteiger partial charge on any atom is -0.472 e. The first-order chi connectivity index (χ1) is 4.93. The van der Waals surface area contributed by atoms with Gasteiger partial charge in [0.2, 0.25) is 5.88 Å². The number of rotatable bonds is 3. The molecule has 0 radical (unpaired) electrons. The maximum absolute atomic E-state index is 5.14. The van der Waals surface area contributed by atoms with Crippen molar-refractivity contribution in [3.63, 3.8) is 0 Å². The molecule has 54 valence electrons. The Morgan fingerprint density at radius 2 is 2.70 bits per heavy atom. The van der Waals surface area contributed by atoms with Crippen molar-refractivity contribution < 1.29 is 4.74 Å². The second kappa shape index (κ2) is 4.00. The van der Waals surface area contributed by atoms with E-state index in [4.69, 9.17) is 4.74 Å². The molecule has 0 unspecified atom stereocenters. The van der Waals surface area contributed by atoms with Gasteiger partial charge in [0.15, 0.2) is 0 Å². The maximum atomic E-state index is 5.14. The minimum atomic E-state index is 0.571. The lowest BCUT2D eigenvalue weighted by Gasteiger charge is -1.93. The van der Waals surface area contributed by atoms with Crippen LogP contribution in [0.1, 0.15) is 6.92 Å². The van der Waals surface area contributed by atoms with Crippen LogP contribution in [0.25, 0.3) is 0 Å². The molecule has 1 aromatic heterocycles. The molecule has 0 aliphatic carbocycles. The second-order valence-electron chi connectivity index (χ2n) is 1.63. The predicted octanol–water partition coefficient (Wildman–Crippen LogP) is 1.49. The topological polar surface area (TPSA) is 35.0 Å². The molecule has 0 aliphatic rings. The highest BCUT2D eigenvalue weighted by molar-refractivity contribution is 6.99. The normalized spacial score (nSPS) is 10.5. The number of hydrogen-bond acceptors (Lipinski definition) is 4. The molecule has 0 saturated heterocycles. The first-order valence-corrected chi connectivity index (χ1v) is 3.68. The molecule has 0 spiro atoms. The molecule has 1 heterocycles. The Morgan fingerprint density at radius 3 is 3.30 bits per heavy atom. The van der Waals surface area contributed by atoms with Gasteiger partial charge in [0.05, 0.1) is 11.7 Å². The van der Waals surface area contributed by atoms with Crippen LogP contribution in [-0.4, -0.2) is 15.4 Å². The van der Waals surface area contributed by atoms with E-state index in [-0.39, 0.29) is 0 Å². The summed E-state index contributed by atoms with van der Waals surface area (Å²) >= 11 is 1.15. The fourth-order valence-electron chi connectivity index (χ4n) is 0.449. The van der Waals surface area contributed by atoms with Crippen LogP contribution < -0.4 is 4.74 Å². The van der Waals surface area contributed by atoms with E-state index in [2.05, 4.69) is 8.75 Å². The van der Waals surface area contributed by atoms with Crippen LogP contribution in [0.4, 0.5) is 0 Å². The van der Waals surface area contributed by atoms with Crippen molar-refractivity contribution in [1.29, 1.82) is 0 Å². The van der Waals surface area contributed by atoms with Gasteiger partial charge in [0.1, 0.15) is 12.8 Å². The molecule has 0 N–H and O–H groups in total. The first-order valence-electron chi connectivity index (χ1n) is 2.95. The Morgan fingerprint density at radius 1 is 1.80 bits per heavy atom. The van der Waals surface area contributed by atoms with Gasteiger partial charge < -0.3 is 4.74 Å². The molecule has 0 saturated carbocycles. The van der Waals surface area contributed by atoms with Crippen LogP contribution in [-0.2, 0) is 0 Å². The summed E-state index contributed by atoms with van der Waals surface area (Å²) in [6.07, 6.45) is 5.45. The van der Waals surface area contributed by atoms with Crippen LogP contribution in [0.15, 0.2) is 18.3 Å². The molecule has 1 aromatic rings. The van der Waals surface area contributed by atoms with Gasteiger partial charge in [-0.2, -0.15) is 4.37 Å². The summed E-state index contributed by atoms with van der Waals surface area (Å²) in [4.78, 5) is 0. The third kappa shape index (κ3) is 2.14. The van der Waals surface area contributed by atoms with E-state index in [1.165, 1.54) is 0 Å². The van der Waals surface area contributed by atoms with Crippen molar-refractivity contribution >= 4 is 11.7 Å². The van der Waals surface area contributed by atoms with Gasteiger partial charge >= 0.3 is 0 Å². The molecule has 3 nitrogen and oxygen atoms in total. The molecule has 0 atom stereocenters. The monoisotopic (exact) mass is 156 g/mol. The lowest BCUT2D eigenvalue weighted by Crippen LogP contribution is -1.91. The van der Waals surface area contributed by atoms with Crippen LogP contribution in [0.5, 0.6) is 5.88 Å². The molecule has 0 fully saturated rings. The molecular weight excluding hydrogens is 148 g/mol. The zero-order valence-electron chi connectivity index (χ0n) is 5.65. The molecule has 0 bridgehead atoms. The molecule has 0 aromatic carbocycles. The summed E-state index contributed by atoms with van der Waals surface area (Å²) in [5.41, 5.74) is 0. The number of ether oxygens (including phenoxy) is 1. The maximum Gasteiger partial charge on any atom is 0.246 e. The van der Waals surface area contributed by atoms with Crippen molar-refractivity contribution in [2.45, 2.75) is 6.92 Å². The van der Waals surface area contributed by atoms with E-state index < -0.39 is 0 Å². The number of nitrogens with zero attached hydrogens (tertiary/aromatic N) is 2. The van der Waals surface area contributed by atoms with Crippen LogP contribution in [0.2, 0.25) is 0 Å². The Bertz CT molecular complexity index is 196. The van der Waals surface area contributed by atoms with E-state index in [9.17, 15) is 0 Å². The van der Waals surface area contributed by atoms with Gasteiger partial charge in [0.25, 0.3) is 0 Å². The zero-order valence-corrected chi connectivity index (χ0v) is 6.47. The third-order valence-electron chi connectivity index (χ3n) is 0.904. The summed E-state index contributed by atoms with van der Waals surface area (Å²) in [6, 6.07) is 0. The average Bonchev–Trinajstić information content (AvgIpc) is 2.41. The Hall–Kier alpha value is -0.900. The fourth-order valence-corrected chi connectivity index (χ4v) is 0.814. The largest absolute Gasteiger partial charge is 0.472 e. The van der Waals surface area contributed by atoms with E-state index in [1.54, 1.807) is 6.20 Å². The summed E-state index contributed by atoms with van der Waals surface area (Å²) in [5, 5.41) is 0. The average molecular weight is 156 g/mol. The van der Waals surface area contributed by atoms with Crippen LogP contribution in [0, 0.1) is 0 Å². The molecular formula is C6H8N2OS. The molecule has 1 rings (SSSR count). The van der Waals surface area contributed by atoms with E-state index in [0.717, 1.165) is 11.7 Å². The number of hydrogen-bond donors (Lipinski definition) is 0. The van der Waals surface area contributed by atoms with Crippen molar-refractivity contribution in [2.75, 3.05) is 6.61 Å². The summed E-state index contributed by atoms with van der Waals surface area (Å²) < 4.78 is 12.8. The van der Waals surface area contributed by atoms with Crippen LogP contribution >= 0.6 is 11.7 Å². The van der Waals surface area contributed by atoms with E-state index >= 15 is 0 Å². The zero-order chi connectivity index (χ0) is 7.23. The van der Waals surface area contributed by atoms with Gasteiger partial charge in [-0.05, 0) is 6.92 Å². The highest BCUT2D eigenvalue weighted by Gasteiger charge is 1.91. The minimum absolute atomic E-state index is 0.571. The van der Waals surface area contributed by atoms with Gasteiger partial charge in [-0.3, -0.25) is 0 Å². The van der Waals surface area contributed by atoms with Gasteiger partial charge in [-0.1, -0.05) is 12.2 Å². The van der Waals surface area contributed by atoms with Gasteiger partial charge in [-0.15, -0.1) is 4.37 Å². The smallest absolute Gasteiger partial charge is 0.246 e. The molecule has 0 aliphatic heterocycles. The quantitative estimate of drug-likeness (QED) is 0.622. The van der Waals surface area contributed by atoms with Gasteiger partial charge in [-0.25, -0.2) is 0 Å². The Kier molecular flexibility index (Phi) is 2.89. The summed E-state index contributed by atoms with van der Waals surface area (Å²) in [7, 11) is 0. The highest BCUT2D eigenvalue weighted by atomic mass is 32.1. The fraction of sp³-hybridized carbons (Fsp3) is 0.333. The lowest BCUT2D eigenvalue weighted by molar-refractivity contribution is 0.351. The van der Waals surface area contributed by atoms with Gasteiger partial charge in [0, 0.05) is 0 Å². The predicted molar refractivity (Wildman–Crippen MR) is 40.2 cm³/mol. The molecule has 4 heteroatoms. The standard InChI is InChI=1S/C6H8N2OS/c1-2-3-4-9-6-5-7-10-8-6/h2-3,5H,4H2,1H3. The van der Waals surface area contributed by atoms with E-state index in [1.807, 2.05) is 19.1 Å². The Labute approximate surface area is 63.7 Å². The number of aromatic nitrogens is 2. The van der Waals surface area contributed by atoms with Crippen molar-refractivity contribution in [2.24, 2.45) is 0 Å². The highest BCUT2D eigenvalue weighted by Crippen LogP contribution is 2.03. The molecule has 10 heavy (non-hydrogen) atoms.